The van der Waals surface area contributed by atoms with E-state index in [9.17, 15) is 9.59 Å². The summed E-state index contributed by atoms with van der Waals surface area (Å²) in [4.78, 5) is 28.3. The predicted molar refractivity (Wildman–Crippen MR) is 120 cm³/mol. The molecule has 0 bridgehead atoms. The highest BCUT2D eigenvalue weighted by Gasteiger charge is 2.21. The Balaban J connectivity index is 1.43. The number of nitrogens with one attached hydrogen (secondary N) is 1. The zero-order chi connectivity index (χ0) is 20.9. The average molecular weight is 426 g/mol. The van der Waals surface area contributed by atoms with Crippen LogP contribution in [0.1, 0.15) is 18.4 Å². The Labute approximate surface area is 181 Å². The molecule has 2 aromatic carbocycles. The summed E-state index contributed by atoms with van der Waals surface area (Å²) in [5.74, 6) is -0.0687. The topological polar surface area (TPSA) is 61.9 Å². The lowest BCUT2D eigenvalue weighted by molar-refractivity contribution is -0.117. The van der Waals surface area contributed by atoms with Crippen LogP contribution in [-0.4, -0.2) is 44.7 Å². The van der Waals surface area contributed by atoms with Gasteiger partial charge in [-0.3, -0.25) is 9.59 Å². The summed E-state index contributed by atoms with van der Waals surface area (Å²) >= 11 is 6.42. The maximum absolute atomic E-state index is 12.5. The van der Waals surface area contributed by atoms with Crippen molar-refractivity contribution in [1.29, 1.82) is 0 Å². The zero-order valence-corrected chi connectivity index (χ0v) is 17.4. The van der Waals surface area contributed by atoms with Crippen LogP contribution in [0.2, 0.25) is 5.02 Å². The molecule has 2 aliphatic rings. The quantitative estimate of drug-likeness (QED) is 0.736. The number of halogens is 1. The lowest BCUT2D eigenvalue weighted by atomic mass is 10.1. The molecule has 30 heavy (non-hydrogen) atoms. The second-order valence-electron chi connectivity index (χ2n) is 7.30. The molecule has 2 saturated heterocycles. The molecule has 0 aliphatic carbocycles. The van der Waals surface area contributed by atoms with Gasteiger partial charge in [-0.25, -0.2) is 0 Å². The van der Waals surface area contributed by atoms with Crippen molar-refractivity contribution in [3.63, 3.8) is 0 Å². The zero-order valence-electron chi connectivity index (χ0n) is 16.6. The number of anilines is 3. The minimum atomic E-state index is -0.231. The number of carbonyl (C=O) groups excluding carboxylic acids is 2. The van der Waals surface area contributed by atoms with E-state index in [0.717, 1.165) is 43.0 Å². The molecule has 0 atom stereocenters. The van der Waals surface area contributed by atoms with E-state index in [4.69, 9.17) is 16.3 Å². The van der Waals surface area contributed by atoms with Crippen molar-refractivity contribution in [3.05, 3.63) is 59.1 Å². The van der Waals surface area contributed by atoms with Gasteiger partial charge in [-0.15, -0.1) is 0 Å². The summed E-state index contributed by atoms with van der Waals surface area (Å²) < 4.78 is 5.41. The molecule has 2 aliphatic heterocycles. The van der Waals surface area contributed by atoms with Crippen LogP contribution in [0.4, 0.5) is 17.1 Å². The molecule has 0 radical (unpaired) electrons. The molecule has 0 aromatic heterocycles. The van der Waals surface area contributed by atoms with Crippen LogP contribution in [-0.2, 0) is 14.3 Å². The molecule has 1 N–H and O–H groups in total. The fraction of sp³-hybridized carbons (Fsp3) is 0.304. The first-order valence-electron chi connectivity index (χ1n) is 10.1. The van der Waals surface area contributed by atoms with Crippen molar-refractivity contribution in [2.45, 2.75) is 12.8 Å². The Morgan fingerprint density at radius 1 is 1.07 bits per heavy atom. The minimum absolute atomic E-state index is 0.162. The molecular weight excluding hydrogens is 402 g/mol. The average Bonchev–Trinajstić information content (AvgIpc) is 3.19. The van der Waals surface area contributed by atoms with Gasteiger partial charge in [0, 0.05) is 37.8 Å². The molecule has 2 fully saturated rings. The van der Waals surface area contributed by atoms with Crippen molar-refractivity contribution in [1.82, 2.24) is 0 Å². The molecule has 4 rings (SSSR count). The van der Waals surface area contributed by atoms with Gasteiger partial charge in [-0.2, -0.15) is 0 Å². The van der Waals surface area contributed by atoms with Gasteiger partial charge in [-0.05, 0) is 42.3 Å². The number of para-hydroxylation sites is 1. The molecule has 2 amide bonds. The molecular formula is C23H24ClN3O3. The molecule has 0 saturated carbocycles. The Kier molecular flexibility index (Phi) is 6.35. The van der Waals surface area contributed by atoms with Gasteiger partial charge < -0.3 is 19.9 Å². The highest BCUT2D eigenvalue weighted by atomic mass is 35.5. The Morgan fingerprint density at radius 3 is 2.53 bits per heavy atom. The number of morpholine rings is 1. The number of hydrogen-bond acceptors (Lipinski definition) is 4. The molecule has 156 valence electrons. The number of carbonyl (C=O) groups is 2. The first kappa shape index (κ1) is 20.4. The molecule has 2 aromatic rings. The third kappa shape index (κ3) is 4.66. The van der Waals surface area contributed by atoms with Gasteiger partial charge in [0.15, 0.2) is 0 Å². The molecule has 0 unspecified atom stereocenters. The predicted octanol–water partition coefficient (Wildman–Crippen LogP) is 3.96. The van der Waals surface area contributed by atoms with E-state index in [1.54, 1.807) is 11.0 Å². The third-order valence-corrected chi connectivity index (χ3v) is 5.58. The van der Waals surface area contributed by atoms with Gasteiger partial charge in [0.2, 0.25) is 11.8 Å². The maximum atomic E-state index is 12.5. The van der Waals surface area contributed by atoms with E-state index in [1.807, 2.05) is 42.5 Å². The summed E-state index contributed by atoms with van der Waals surface area (Å²) in [5, 5.41) is 3.54. The van der Waals surface area contributed by atoms with E-state index in [2.05, 4.69) is 10.2 Å². The van der Waals surface area contributed by atoms with E-state index in [1.165, 1.54) is 6.08 Å². The van der Waals surface area contributed by atoms with Crippen molar-refractivity contribution in [2.75, 3.05) is 48.0 Å². The molecule has 7 heteroatoms. The largest absolute Gasteiger partial charge is 0.378 e. The van der Waals surface area contributed by atoms with Crippen LogP contribution in [0.15, 0.2) is 48.5 Å². The van der Waals surface area contributed by atoms with E-state index >= 15 is 0 Å². The highest BCUT2D eigenvalue weighted by molar-refractivity contribution is 6.34. The Hall–Kier alpha value is -2.83. The van der Waals surface area contributed by atoms with Gasteiger partial charge in [0.1, 0.15) is 0 Å². The lowest BCUT2D eigenvalue weighted by Gasteiger charge is -2.31. The van der Waals surface area contributed by atoms with Crippen LogP contribution < -0.4 is 15.1 Å². The molecule has 6 nitrogen and oxygen atoms in total. The summed E-state index contributed by atoms with van der Waals surface area (Å²) in [6.45, 7) is 3.50. The number of hydrogen-bond donors (Lipinski definition) is 1. The highest BCUT2D eigenvalue weighted by Crippen LogP contribution is 2.34. The first-order valence-corrected chi connectivity index (χ1v) is 10.5. The van der Waals surface area contributed by atoms with Crippen LogP contribution in [0.5, 0.6) is 0 Å². The fourth-order valence-electron chi connectivity index (χ4n) is 3.76. The summed E-state index contributed by atoms with van der Waals surface area (Å²) in [6, 6.07) is 13.1. The lowest BCUT2D eigenvalue weighted by Crippen LogP contribution is -2.37. The fourth-order valence-corrected chi connectivity index (χ4v) is 4.05. The van der Waals surface area contributed by atoms with Gasteiger partial charge >= 0.3 is 0 Å². The van der Waals surface area contributed by atoms with E-state index in [0.29, 0.717) is 30.3 Å². The number of ether oxygens (including phenoxy) is 1. The van der Waals surface area contributed by atoms with Crippen LogP contribution in [0.25, 0.3) is 6.08 Å². The minimum Gasteiger partial charge on any atom is -0.378 e. The van der Waals surface area contributed by atoms with Gasteiger partial charge in [-0.1, -0.05) is 29.8 Å². The second-order valence-corrected chi connectivity index (χ2v) is 7.71. The molecule has 2 heterocycles. The van der Waals surface area contributed by atoms with Crippen molar-refractivity contribution < 1.29 is 14.3 Å². The van der Waals surface area contributed by atoms with E-state index in [-0.39, 0.29) is 11.8 Å². The Morgan fingerprint density at radius 2 is 1.83 bits per heavy atom. The van der Waals surface area contributed by atoms with Gasteiger partial charge in [0.25, 0.3) is 0 Å². The summed E-state index contributed by atoms with van der Waals surface area (Å²) in [7, 11) is 0. The van der Waals surface area contributed by atoms with Crippen molar-refractivity contribution >= 4 is 46.6 Å². The SMILES string of the molecule is O=C(/C=C/c1ccc(N2CCCC2=O)cc1)Nc1cccc(Cl)c1N1CCOCC1. The summed E-state index contributed by atoms with van der Waals surface area (Å²) in [5.41, 5.74) is 3.29. The number of rotatable bonds is 5. The third-order valence-electron chi connectivity index (χ3n) is 5.28. The van der Waals surface area contributed by atoms with Crippen LogP contribution in [0, 0.1) is 0 Å². The van der Waals surface area contributed by atoms with E-state index < -0.39 is 0 Å². The van der Waals surface area contributed by atoms with Crippen LogP contribution in [0.3, 0.4) is 0 Å². The first-order chi connectivity index (χ1) is 14.6. The summed E-state index contributed by atoms with van der Waals surface area (Å²) in [6.07, 6.45) is 4.76. The van der Waals surface area contributed by atoms with Crippen LogP contribution >= 0.6 is 11.6 Å². The second kappa shape index (κ2) is 9.32. The monoisotopic (exact) mass is 425 g/mol. The van der Waals surface area contributed by atoms with Crippen molar-refractivity contribution in [3.8, 4) is 0 Å². The van der Waals surface area contributed by atoms with Crippen molar-refractivity contribution in [2.24, 2.45) is 0 Å². The Bertz CT molecular complexity index is 953. The maximum Gasteiger partial charge on any atom is 0.248 e. The number of benzene rings is 2. The smallest absolute Gasteiger partial charge is 0.248 e. The molecule has 0 spiro atoms. The number of nitrogens with zero attached hydrogens (tertiary/aromatic N) is 2. The standard InChI is InChI=1S/C23H24ClN3O3/c24-19-3-1-4-20(23(19)26-13-15-30-16-14-26)25-21(28)11-8-17-6-9-18(10-7-17)27-12-2-5-22(27)29/h1,3-4,6-11H,2,5,12-16H2,(H,25,28)/b11-8+. The van der Waals surface area contributed by atoms with Gasteiger partial charge in [0.05, 0.1) is 29.6 Å². The normalized spacial score (nSPS) is 17.0. The number of amides is 2.